The Hall–Kier alpha value is -0.0400. The maximum atomic E-state index is 5.32. The lowest BCUT2D eigenvalue weighted by atomic mass is 10.1. The summed E-state index contributed by atoms with van der Waals surface area (Å²) in [6.07, 6.45) is 5.22. The van der Waals surface area contributed by atoms with Gasteiger partial charge in [0.25, 0.3) is 0 Å². The Morgan fingerprint density at radius 3 is 2.60 bits per heavy atom. The molecule has 0 aromatic carbocycles. The fourth-order valence-electron chi connectivity index (χ4n) is 1.00. The lowest BCUT2D eigenvalue weighted by Gasteiger charge is -2.10. The van der Waals surface area contributed by atoms with Crippen LogP contribution in [0.3, 0.4) is 0 Å². The SMILES string of the molecule is [CH]CNC(C)CCCCC. The van der Waals surface area contributed by atoms with Gasteiger partial charge in [-0.2, -0.15) is 0 Å². The highest BCUT2D eigenvalue weighted by Gasteiger charge is 1.96. The minimum absolute atomic E-state index is 0.594. The first-order valence-corrected chi connectivity index (χ1v) is 4.24. The first-order chi connectivity index (χ1) is 4.81. The van der Waals surface area contributed by atoms with Gasteiger partial charge in [0, 0.05) is 6.04 Å². The molecule has 0 aromatic heterocycles. The van der Waals surface area contributed by atoms with E-state index >= 15 is 0 Å². The monoisotopic (exact) mass is 141 g/mol. The Balaban J connectivity index is 2.97. The Labute approximate surface area is 65.2 Å². The molecule has 0 saturated heterocycles. The molecule has 1 nitrogen and oxygen atoms in total. The van der Waals surface area contributed by atoms with E-state index in [1.807, 2.05) is 0 Å². The number of nitrogens with one attached hydrogen (secondary N) is 1. The molecule has 0 aliphatic heterocycles. The fourth-order valence-corrected chi connectivity index (χ4v) is 1.00. The van der Waals surface area contributed by atoms with E-state index in [0.717, 1.165) is 0 Å². The Kier molecular flexibility index (Phi) is 7.04. The van der Waals surface area contributed by atoms with E-state index in [0.29, 0.717) is 12.6 Å². The van der Waals surface area contributed by atoms with E-state index in [-0.39, 0.29) is 0 Å². The number of unbranched alkanes of at least 4 members (excludes halogenated alkanes) is 2. The molecule has 2 radical (unpaired) electrons. The van der Waals surface area contributed by atoms with Gasteiger partial charge in [-0.05, 0) is 26.8 Å². The minimum Gasteiger partial charge on any atom is -0.314 e. The minimum atomic E-state index is 0.594. The predicted octanol–water partition coefficient (Wildman–Crippen LogP) is 2.26. The van der Waals surface area contributed by atoms with Crippen LogP contribution in [0.5, 0.6) is 0 Å². The van der Waals surface area contributed by atoms with Gasteiger partial charge in [0.1, 0.15) is 0 Å². The summed E-state index contributed by atoms with van der Waals surface area (Å²) in [5.74, 6) is 0. The van der Waals surface area contributed by atoms with Crippen LogP contribution in [-0.2, 0) is 0 Å². The van der Waals surface area contributed by atoms with Crippen LogP contribution in [0.4, 0.5) is 0 Å². The molecule has 1 N–H and O–H groups in total. The topological polar surface area (TPSA) is 12.0 Å². The highest BCUT2D eigenvalue weighted by molar-refractivity contribution is 4.60. The molecule has 10 heavy (non-hydrogen) atoms. The van der Waals surface area contributed by atoms with Crippen molar-refractivity contribution < 1.29 is 0 Å². The average Bonchev–Trinajstić information content (AvgIpc) is 1.89. The van der Waals surface area contributed by atoms with Crippen molar-refractivity contribution in [2.24, 2.45) is 0 Å². The zero-order valence-electron chi connectivity index (χ0n) is 7.19. The quantitative estimate of drug-likeness (QED) is 0.559. The molecule has 1 atom stereocenters. The Bertz CT molecular complexity index is 61.7. The molecule has 0 amide bonds. The van der Waals surface area contributed by atoms with Crippen molar-refractivity contribution in [1.82, 2.24) is 5.32 Å². The second-order valence-corrected chi connectivity index (χ2v) is 2.81. The van der Waals surface area contributed by atoms with Crippen LogP contribution in [0, 0.1) is 6.92 Å². The molecule has 0 aliphatic rings. The molecule has 0 spiro atoms. The van der Waals surface area contributed by atoms with Crippen LogP contribution in [-0.4, -0.2) is 12.6 Å². The van der Waals surface area contributed by atoms with Crippen LogP contribution >= 0.6 is 0 Å². The lowest BCUT2D eigenvalue weighted by Crippen LogP contribution is -2.25. The fraction of sp³-hybridized carbons (Fsp3) is 0.889. The van der Waals surface area contributed by atoms with Gasteiger partial charge < -0.3 is 5.32 Å². The van der Waals surface area contributed by atoms with Gasteiger partial charge in [0.05, 0.1) is 0 Å². The summed E-state index contributed by atoms with van der Waals surface area (Å²) < 4.78 is 0. The van der Waals surface area contributed by atoms with Crippen molar-refractivity contribution in [1.29, 1.82) is 0 Å². The van der Waals surface area contributed by atoms with Crippen LogP contribution in [0.1, 0.15) is 39.5 Å². The summed E-state index contributed by atoms with van der Waals surface area (Å²) in [6.45, 7) is 10.3. The summed E-state index contributed by atoms with van der Waals surface area (Å²) >= 11 is 0. The van der Waals surface area contributed by atoms with Crippen LogP contribution in [0.15, 0.2) is 0 Å². The summed E-state index contributed by atoms with van der Waals surface area (Å²) in [5.41, 5.74) is 0. The van der Waals surface area contributed by atoms with Crippen molar-refractivity contribution >= 4 is 0 Å². The molecule has 60 valence electrons. The molecule has 0 fully saturated rings. The third-order valence-corrected chi connectivity index (χ3v) is 1.71. The molecule has 0 rings (SSSR count). The Morgan fingerprint density at radius 1 is 1.40 bits per heavy atom. The highest BCUT2D eigenvalue weighted by atomic mass is 14.9. The molecule has 0 aromatic rings. The number of rotatable bonds is 6. The van der Waals surface area contributed by atoms with Gasteiger partial charge >= 0.3 is 0 Å². The van der Waals surface area contributed by atoms with E-state index in [1.54, 1.807) is 0 Å². The van der Waals surface area contributed by atoms with E-state index in [2.05, 4.69) is 19.2 Å². The average molecular weight is 141 g/mol. The summed E-state index contributed by atoms with van der Waals surface area (Å²) in [5, 5.41) is 3.18. The van der Waals surface area contributed by atoms with E-state index in [9.17, 15) is 0 Å². The second kappa shape index (κ2) is 7.07. The van der Waals surface area contributed by atoms with Gasteiger partial charge in [0.2, 0.25) is 0 Å². The van der Waals surface area contributed by atoms with Crippen LogP contribution in [0.25, 0.3) is 0 Å². The summed E-state index contributed by atoms with van der Waals surface area (Å²) in [4.78, 5) is 0. The van der Waals surface area contributed by atoms with Gasteiger partial charge in [-0.15, -0.1) is 0 Å². The van der Waals surface area contributed by atoms with Crippen molar-refractivity contribution in [3.8, 4) is 0 Å². The van der Waals surface area contributed by atoms with Gasteiger partial charge in [0.15, 0.2) is 0 Å². The van der Waals surface area contributed by atoms with Crippen molar-refractivity contribution in [2.45, 2.75) is 45.6 Å². The normalized spacial score (nSPS) is 13.5. The van der Waals surface area contributed by atoms with Crippen molar-refractivity contribution in [3.05, 3.63) is 6.92 Å². The van der Waals surface area contributed by atoms with E-state index < -0.39 is 0 Å². The third-order valence-electron chi connectivity index (χ3n) is 1.71. The van der Waals surface area contributed by atoms with Gasteiger partial charge in [-0.1, -0.05) is 26.2 Å². The summed E-state index contributed by atoms with van der Waals surface area (Å²) in [7, 11) is 0. The molecule has 0 saturated carbocycles. The van der Waals surface area contributed by atoms with E-state index in [4.69, 9.17) is 6.92 Å². The zero-order chi connectivity index (χ0) is 7.82. The first kappa shape index (κ1) is 9.96. The molecule has 0 bridgehead atoms. The maximum Gasteiger partial charge on any atom is 0.00388 e. The maximum absolute atomic E-state index is 5.32. The third kappa shape index (κ3) is 6.09. The number of hydrogen-bond acceptors (Lipinski definition) is 1. The zero-order valence-corrected chi connectivity index (χ0v) is 7.19. The molecule has 0 heterocycles. The predicted molar refractivity (Wildman–Crippen MR) is 45.9 cm³/mol. The first-order valence-electron chi connectivity index (χ1n) is 4.24. The second-order valence-electron chi connectivity index (χ2n) is 2.81. The van der Waals surface area contributed by atoms with Crippen molar-refractivity contribution in [3.63, 3.8) is 0 Å². The van der Waals surface area contributed by atoms with Gasteiger partial charge in [-0.3, -0.25) is 0 Å². The molecular formula is C9H19N. The molecular weight excluding hydrogens is 122 g/mol. The lowest BCUT2D eigenvalue weighted by molar-refractivity contribution is 0.509. The molecule has 0 aliphatic carbocycles. The highest BCUT2D eigenvalue weighted by Crippen LogP contribution is 2.01. The smallest absolute Gasteiger partial charge is 0.00388 e. The van der Waals surface area contributed by atoms with Gasteiger partial charge in [-0.25, -0.2) is 0 Å². The van der Waals surface area contributed by atoms with E-state index in [1.165, 1.54) is 25.7 Å². The molecule has 1 unspecified atom stereocenters. The Morgan fingerprint density at radius 2 is 2.10 bits per heavy atom. The standard InChI is InChI=1S/C9H19N/c1-4-6-7-8-9(3)10-5-2/h2,9-10H,4-8H2,1,3H3. The largest absolute Gasteiger partial charge is 0.314 e. The van der Waals surface area contributed by atoms with Crippen LogP contribution < -0.4 is 5.32 Å². The summed E-state index contributed by atoms with van der Waals surface area (Å²) in [6, 6.07) is 0.594. The molecule has 1 heteroatoms. The van der Waals surface area contributed by atoms with Crippen molar-refractivity contribution in [2.75, 3.05) is 6.54 Å². The van der Waals surface area contributed by atoms with Crippen LogP contribution in [0.2, 0.25) is 0 Å². The number of hydrogen-bond donors (Lipinski definition) is 1.